The molecule has 2 aromatic heterocycles. The van der Waals surface area contributed by atoms with Gasteiger partial charge in [0.25, 0.3) is 0 Å². The molecule has 0 saturated carbocycles. The third kappa shape index (κ3) is 2.45. The van der Waals surface area contributed by atoms with Crippen LogP contribution in [0.5, 0.6) is 0 Å². The van der Waals surface area contributed by atoms with Gasteiger partial charge >= 0.3 is 0 Å². The Labute approximate surface area is 104 Å². The van der Waals surface area contributed by atoms with E-state index in [9.17, 15) is 0 Å². The first-order chi connectivity index (χ1) is 7.68. The topological polar surface area (TPSA) is 29.9 Å². The van der Waals surface area contributed by atoms with E-state index < -0.39 is 0 Å². The van der Waals surface area contributed by atoms with Crippen LogP contribution in [-0.2, 0) is 20.1 Å². The van der Waals surface area contributed by atoms with Gasteiger partial charge in [0.15, 0.2) is 0 Å². The van der Waals surface area contributed by atoms with Crippen LogP contribution in [0.4, 0.5) is 0 Å². The summed E-state index contributed by atoms with van der Waals surface area (Å²) in [5, 5.41) is 12.6. The molecule has 2 heterocycles. The van der Waals surface area contributed by atoms with E-state index in [0.717, 1.165) is 29.5 Å². The number of halogens is 1. The zero-order chi connectivity index (χ0) is 11.5. The molecule has 86 valence electrons. The van der Waals surface area contributed by atoms with Crippen molar-refractivity contribution in [3.05, 3.63) is 38.8 Å². The molecule has 0 fully saturated rings. The Bertz CT molecular complexity index is 462. The lowest BCUT2D eigenvalue weighted by molar-refractivity contribution is 0.625. The number of aryl methyl sites for hydroxylation is 2. The number of aromatic nitrogens is 2. The molecule has 0 unspecified atom stereocenters. The number of hydrogen-bond donors (Lipinski definition) is 1. The van der Waals surface area contributed by atoms with Crippen molar-refractivity contribution in [1.82, 2.24) is 15.1 Å². The number of nitrogens with one attached hydrogen (secondary N) is 1. The van der Waals surface area contributed by atoms with Crippen LogP contribution in [-0.4, -0.2) is 9.78 Å². The average Bonchev–Trinajstić information content (AvgIpc) is 2.82. The molecule has 0 aliphatic carbocycles. The molecule has 0 radical (unpaired) electrons. The van der Waals surface area contributed by atoms with E-state index in [1.165, 1.54) is 5.56 Å². The van der Waals surface area contributed by atoms with Gasteiger partial charge in [-0.1, -0.05) is 11.6 Å². The lowest BCUT2D eigenvalue weighted by Crippen LogP contribution is -2.15. The largest absolute Gasteiger partial charge is 0.307 e. The molecule has 0 aliphatic heterocycles. The van der Waals surface area contributed by atoms with Crippen molar-refractivity contribution in [1.29, 1.82) is 0 Å². The molecule has 0 atom stereocenters. The summed E-state index contributed by atoms with van der Waals surface area (Å²) in [5.41, 5.74) is 3.23. The Hall–Kier alpha value is -0.840. The van der Waals surface area contributed by atoms with Gasteiger partial charge in [-0.05, 0) is 29.3 Å². The average molecular weight is 256 g/mol. The van der Waals surface area contributed by atoms with Crippen molar-refractivity contribution in [3.63, 3.8) is 0 Å². The highest BCUT2D eigenvalue weighted by atomic mass is 35.5. The maximum absolute atomic E-state index is 6.15. The Balaban J connectivity index is 1.95. The predicted octanol–water partition coefficient (Wildman–Crippen LogP) is 2.73. The van der Waals surface area contributed by atoms with Gasteiger partial charge in [-0.15, -0.1) is 0 Å². The number of nitrogens with zero attached hydrogens (tertiary/aromatic N) is 2. The van der Waals surface area contributed by atoms with Crippen LogP contribution < -0.4 is 5.32 Å². The lowest BCUT2D eigenvalue weighted by atomic mass is 10.3. The first kappa shape index (κ1) is 11.6. The molecule has 1 N–H and O–H groups in total. The number of thiophene rings is 1. The minimum absolute atomic E-state index is 0.742. The van der Waals surface area contributed by atoms with Gasteiger partial charge in [-0.25, -0.2) is 0 Å². The zero-order valence-electron chi connectivity index (χ0n) is 9.33. The van der Waals surface area contributed by atoms with Crippen LogP contribution in [0.15, 0.2) is 16.8 Å². The van der Waals surface area contributed by atoms with Crippen molar-refractivity contribution < 1.29 is 0 Å². The van der Waals surface area contributed by atoms with Crippen LogP contribution >= 0.6 is 22.9 Å². The van der Waals surface area contributed by atoms with E-state index >= 15 is 0 Å². The first-order valence-electron chi connectivity index (χ1n) is 5.08. The van der Waals surface area contributed by atoms with Gasteiger partial charge in [0, 0.05) is 20.1 Å². The van der Waals surface area contributed by atoms with Gasteiger partial charge < -0.3 is 5.32 Å². The molecule has 2 rings (SSSR count). The molecular formula is C11H14ClN3S. The van der Waals surface area contributed by atoms with Crippen LogP contribution in [0, 0.1) is 6.92 Å². The third-order valence-corrected chi connectivity index (χ3v) is 3.69. The molecular weight excluding hydrogens is 242 g/mol. The second kappa shape index (κ2) is 4.99. The molecule has 0 aromatic carbocycles. The Kier molecular flexibility index (Phi) is 3.63. The first-order valence-corrected chi connectivity index (χ1v) is 6.40. The predicted molar refractivity (Wildman–Crippen MR) is 67.8 cm³/mol. The summed E-state index contributed by atoms with van der Waals surface area (Å²) in [4.78, 5) is 0. The molecule has 5 heteroatoms. The highest BCUT2D eigenvalue weighted by Crippen LogP contribution is 2.19. The monoisotopic (exact) mass is 255 g/mol. The van der Waals surface area contributed by atoms with E-state index in [2.05, 4.69) is 27.2 Å². The maximum atomic E-state index is 6.15. The fourth-order valence-corrected chi connectivity index (χ4v) is 2.49. The van der Waals surface area contributed by atoms with Gasteiger partial charge in [0.2, 0.25) is 0 Å². The molecule has 0 aliphatic rings. The Morgan fingerprint density at radius 1 is 1.50 bits per heavy atom. The molecule has 0 bridgehead atoms. The summed E-state index contributed by atoms with van der Waals surface area (Å²) in [6, 6.07) is 2.12. The normalized spacial score (nSPS) is 10.9. The fraction of sp³-hybridized carbons (Fsp3) is 0.364. The van der Waals surface area contributed by atoms with Gasteiger partial charge in [0.1, 0.15) is 0 Å². The zero-order valence-corrected chi connectivity index (χ0v) is 10.9. The van der Waals surface area contributed by atoms with Gasteiger partial charge in [-0.2, -0.15) is 16.4 Å². The van der Waals surface area contributed by atoms with Crippen molar-refractivity contribution in [2.24, 2.45) is 7.05 Å². The van der Waals surface area contributed by atoms with Crippen molar-refractivity contribution in [2.75, 3.05) is 0 Å². The SMILES string of the molecule is Cc1nn(C)c(CNCc2ccsc2)c1Cl. The summed E-state index contributed by atoms with van der Waals surface area (Å²) in [7, 11) is 1.92. The fourth-order valence-electron chi connectivity index (χ4n) is 1.59. The lowest BCUT2D eigenvalue weighted by Gasteiger charge is -2.04. The van der Waals surface area contributed by atoms with E-state index in [4.69, 9.17) is 11.6 Å². The summed E-state index contributed by atoms with van der Waals surface area (Å²) in [6.45, 7) is 3.53. The second-order valence-electron chi connectivity index (χ2n) is 3.70. The molecule has 0 saturated heterocycles. The summed E-state index contributed by atoms with van der Waals surface area (Å²) < 4.78 is 1.83. The Morgan fingerprint density at radius 2 is 2.31 bits per heavy atom. The minimum atomic E-state index is 0.742. The van der Waals surface area contributed by atoms with Crippen LogP contribution in [0.2, 0.25) is 5.02 Å². The third-order valence-electron chi connectivity index (χ3n) is 2.46. The molecule has 16 heavy (non-hydrogen) atoms. The molecule has 3 nitrogen and oxygen atoms in total. The van der Waals surface area contributed by atoms with Crippen molar-refractivity contribution in [2.45, 2.75) is 20.0 Å². The van der Waals surface area contributed by atoms with E-state index in [-0.39, 0.29) is 0 Å². The quantitative estimate of drug-likeness (QED) is 0.911. The molecule has 0 amide bonds. The summed E-state index contributed by atoms with van der Waals surface area (Å²) in [6.07, 6.45) is 0. The van der Waals surface area contributed by atoms with E-state index in [0.29, 0.717) is 0 Å². The van der Waals surface area contributed by atoms with E-state index in [1.54, 1.807) is 11.3 Å². The van der Waals surface area contributed by atoms with Crippen LogP contribution in [0.25, 0.3) is 0 Å². The van der Waals surface area contributed by atoms with Crippen molar-refractivity contribution >= 4 is 22.9 Å². The molecule has 2 aromatic rings. The van der Waals surface area contributed by atoms with Crippen LogP contribution in [0.3, 0.4) is 0 Å². The summed E-state index contributed by atoms with van der Waals surface area (Å²) >= 11 is 7.87. The smallest absolute Gasteiger partial charge is 0.0860 e. The summed E-state index contributed by atoms with van der Waals surface area (Å²) in [5.74, 6) is 0. The van der Waals surface area contributed by atoms with Crippen molar-refractivity contribution in [3.8, 4) is 0 Å². The number of rotatable bonds is 4. The minimum Gasteiger partial charge on any atom is -0.307 e. The second-order valence-corrected chi connectivity index (χ2v) is 4.86. The molecule has 0 spiro atoms. The number of hydrogen-bond acceptors (Lipinski definition) is 3. The standard InChI is InChI=1S/C11H14ClN3S/c1-8-11(12)10(15(2)14-8)6-13-5-9-3-4-16-7-9/h3-4,7,13H,5-6H2,1-2H3. The highest BCUT2D eigenvalue weighted by Gasteiger charge is 2.09. The highest BCUT2D eigenvalue weighted by molar-refractivity contribution is 7.07. The van der Waals surface area contributed by atoms with E-state index in [1.807, 2.05) is 18.7 Å². The van der Waals surface area contributed by atoms with Crippen LogP contribution in [0.1, 0.15) is 17.0 Å². The Morgan fingerprint density at radius 3 is 2.88 bits per heavy atom. The maximum Gasteiger partial charge on any atom is 0.0860 e. The van der Waals surface area contributed by atoms with Gasteiger partial charge in [0.05, 0.1) is 16.4 Å². The van der Waals surface area contributed by atoms with Gasteiger partial charge in [-0.3, -0.25) is 4.68 Å².